The van der Waals surface area contributed by atoms with Crippen LogP contribution in [-0.4, -0.2) is 46.5 Å². The first kappa shape index (κ1) is 15.4. The molecule has 0 radical (unpaired) electrons. The number of benzene rings is 1. The Kier molecular flexibility index (Phi) is 3.88. The molecule has 2 saturated heterocycles. The van der Waals surface area contributed by atoms with Crippen LogP contribution in [0.5, 0.6) is 0 Å². The Hall–Kier alpha value is -2.14. The number of carbonyl (C=O) groups is 1. The van der Waals surface area contributed by atoms with Crippen molar-refractivity contribution in [2.45, 2.75) is 32.9 Å². The summed E-state index contributed by atoms with van der Waals surface area (Å²) < 4.78 is 5.16. The van der Waals surface area contributed by atoms with Gasteiger partial charge in [-0.05, 0) is 31.7 Å². The summed E-state index contributed by atoms with van der Waals surface area (Å²) in [5.41, 5.74) is 2.67. The van der Waals surface area contributed by atoms with Crippen LogP contribution in [0.1, 0.15) is 33.8 Å². The van der Waals surface area contributed by atoms with Crippen LogP contribution in [0.3, 0.4) is 0 Å². The Labute approximate surface area is 142 Å². The molecule has 0 spiro atoms. The summed E-state index contributed by atoms with van der Waals surface area (Å²) in [4.78, 5) is 17.3. The molecule has 0 aliphatic carbocycles. The fraction of sp³-hybridized carbons (Fsp3) is 0.474. The maximum Gasteiger partial charge on any atom is 0.259 e. The topological polar surface area (TPSA) is 49.6 Å². The first-order valence-electron chi connectivity index (χ1n) is 8.63. The van der Waals surface area contributed by atoms with Gasteiger partial charge >= 0.3 is 0 Å². The molecule has 2 aromatic rings. The molecule has 1 aromatic heterocycles. The molecule has 0 saturated carbocycles. The Balaban J connectivity index is 1.44. The van der Waals surface area contributed by atoms with Gasteiger partial charge in [-0.25, -0.2) is 0 Å². The molecule has 4 rings (SSSR count). The molecule has 2 atom stereocenters. The number of hydrogen-bond donors (Lipinski definition) is 0. The van der Waals surface area contributed by atoms with E-state index in [1.54, 1.807) is 0 Å². The second-order valence-electron chi connectivity index (χ2n) is 6.98. The Morgan fingerprint density at radius 3 is 2.75 bits per heavy atom. The summed E-state index contributed by atoms with van der Waals surface area (Å²) in [6, 6.07) is 11.0. The van der Waals surface area contributed by atoms with E-state index in [0.29, 0.717) is 23.1 Å². The van der Waals surface area contributed by atoms with E-state index < -0.39 is 0 Å². The Morgan fingerprint density at radius 1 is 1.25 bits per heavy atom. The third kappa shape index (κ3) is 2.63. The second-order valence-corrected chi connectivity index (χ2v) is 6.98. The fourth-order valence-corrected chi connectivity index (χ4v) is 4.04. The molecular weight excluding hydrogens is 302 g/mol. The van der Waals surface area contributed by atoms with Gasteiger partial charge in [-0.15, -0.1) is 0 Å². The summed E-state index contributed by atoms with van der Waals surface area (Å²) >= 11 is 0. The summed E-state index contributed by atoms with van der Waals surface area (Å²) in [5, 5.41) is 3.92. The lowest BCUT2D eigenvalue weighted by Gasteiger charge is -2.53. The largest absolute Gasteiger partial charge is 0.361 e. The highest BCUT2D eigenvalue weighted by Gasteiger charge is 2.43. The van der Waals surface area contributed by atoms with E-state index in [0.717, 1.165) is 38.5 Å². The van der Waals surface area contributed by atoms with Gasteiger partial charge in [0.05, 0.1) is 5.69 Å². The molecule has 3 heterocycles. The number of aryl methyl sites for hydroxylation is 2. The second kappa shape index (κ2) is 6.06. The number of hydrogen-bond acceptors (Lipinski definition) is 4. The molecule has 126 valence electrons. The summed E-state index contributed by atoms with van der Waals surface area (Å²) in [5.74, 6) is 1.41. The SMILES string of the molecule is Cc1noc(C)c1C(=O)N1CC[C@@H]2CN(Cc3ccccc3)[C@@H]2C1. The van der Waals surface area contributed by atoms with Crippen molar-refractivity contribution in [1.29, 1.82) is 0 Å². The highest BCUT2D eigenvalue weighted by atomic mass is 16.5. The zero-order chi connectivity index (χ0) is 16.7. The molecule has 0 unspecified atom stereocenters. The first-order valence-corrected chi connectivity index (χ1v) is 8.63. The minimum atomic E-state index is 0.0660. The molecule has 1 aromatic carbocycles. The number of likely N-dealkylation sites (tertiary alicyclic amines) is 2. The van der Waals surface area contributed by atoms with E-state index in [-0.39, 0.29) is 5.91 Å². The highest BCUT2D eigenvalue weighted by Crippen LogP contribution is 2.34. The van der Waals surface area contributed by atoms with E-state index in [1.165, 1.54) is 5.56 Å². The van der Waals surface area contributed by atoms with Crippen LogP contribution in [0.15, 0.2) is 34.9 Å². The van der Waals surface area contributed by atoms with Gasteiger partial charge in [-0.3, -0.25) is 9.69 Å². The van der Waals surface area contributed by atoms with Crippen molar-refractivity contribution >= 4 is 5.91 Å². The third-order valence-electron chi connectivity index (χ3n) is 5.42. The molecule has 0 bridgehead atoms. The van der Waals surface area contributed by atoms with Crippen LogP contribution in [0.4, 0.5) is 0 Å². The average Bonchev–Trinajstić information content (AvgIpc) is 2.92. The fourth-order valence-electron chi connectivity index (χ4n) is 4.04. The normalized spacial score (nSPS) is 23.7. The zero-order valence-corrected chi connectivity index (χ0v) is 14.2. The van der Waals surface area contributed by atoms with E-state index >= 15 is 0 Å². The number of piperidine rings is 1. The van der Waals surface area contributed by atoms with Gasteiger partial charge in [0, 0.05) is 32.2 Å². The molecule has 2 aliphatic rings. The monoisotopic (exact) mass is 325 g/mol. The molecular formula is C19H23N3O2. The molecule has 5 nitrogen and oxygen atoms in total. The lowest BCUT2D eigenvalue weighted by Crippen LogP contribution is -2.64. The Morgan fingerprint density at radius 2 is 2.04 bits per heavy atom. The highest BCUT2D eigenvalue weighted by molar-refractivity contribution is 5.96. The van der Waals surface area contributed by atoms with Crippen LogP contribution in [0.25, 0.3) is 0 Å². The van der Waals surface area contributed by atoms with E-state index in [1.807, 2.05) is 24.8 Å². The number of rotatable bonds is 3. The van der Waals surface area contributed by atoms with Crippen molar-refractivity contribution in [3.63, 3.8) is 0 Å². The predicted molar refractivity (Wildman–Crippen MR) is 90.6 cm³/mol. The third-order valence-corrected chi connectivity index (χ3v) is 5.42. The van der Waals surface area contributed by atoms with Crippen LogP contribution >= 0.6 is 0 Å². The summed E-state index contributed by atoms with van der Waals surface area (Å²) in [6.45, 7) is 7.40. The number of aromatic nitrogens is 1. The van der Waals surface area contributed by atoms with Gasteiger partial charge in [0.1, 0.15) is 11.3 Å². The van der Waals surface area contributed by atoms with Crippen LogP contribution in [0.2, 0.25) is 0 Å². The van der Waals surface area contributed by atoms with Crippen molar-refractivity contribution < 1.29 is 9.32 Å². The van der Waals surface area contributed by atoms with E-state index in [9.17, 15) is 4.79 Å². The lowest BCUT2D eigenvalue weighted by molar-refractivity contribution is -0.0427. The van der Waals surface area contributed by atoms with E-state index in [4.69, 9.17) is 4.52 Å². The maximum absolute atomic E-state index is 12.9. The van der Waals surface area contributed by atoms with Gasteiger partial charge in [-0.1, -0.05) is 35.5 Å². The lowest BCUT2D eigenvalue weighted by atomic mass is 9.81. The molecule has 24 heavy (non-hydrogen) atoms. The van der Waals surface area contributed by atoms with Crippen molar-refractivity contribution in [3.8, 4) is 0 Å². The average molecular weight is 325 g/mol. The first-order chi connectivity index (χ1) is 11.6. The van der Waals surface area contributed by atoms with Gasteiger partial charge in [-0.2, -0.15) is 0 Å². The minimum Gasteiger partial charge on any atom is -0.361 e. The van der Waals surface area contributed by atoms with Crippen molar-refractivity contribution in [1.82, 2.24) is 15.0 Å². The number of fused-ring (bicyclic) bond motifs is 1. The quantitative estimate of drug-likeness (QED) is 0.870. The van der Waals surface area contributed by atoms with Crippen molar-refractivity contribution in [2.75, 3.05) is 19.6 Å². The van der Waals surface area contributed by atoms with Crippen LogP contribution in [-0.2, 0) is 6.54 Å². The molecule has 5 heteroatoms. The Bertz CT molecular complexity index is 721. The van der Waals surface area contributed by atoms with Crippen LogP contribution in [0, 0.1) is 19.8 Å². The molecule has 2 aliphatic heterocycles. The standard InChI is InChI=1S/C19H23N3O2/c1-13-18(14(2)24-20-13)19(23)21-9-8-16-11-22(17(16)12-21)10-15-6-4-3-5-7-15/h3-7,16-17H,8-12H2,1-2H3/t16-,17-/m1/s1. The van der Waals surface area contributed by atoms with E-state index in [2.05, 4.69) is 34.3 Å². The summed E-state index contributed by atoms with van der Waals surface area (Å²) in [6.07, 6.45) is 1.09. The van der Waals surface area contributed by atoms with Crippen LogP contribution < -0.4 is 0 Å². The number of carbonyl (C=O) groups excluding carboxylic acids is 1. The van der Waals surface area contributed by atoms with Gasteiger partial charge in [0.25, 0.3) is 5.91 Å². The molecule has 1 amide bonds. The number of amides is 1. The molecule has 0 N–H and O–H groups in total. The van der Waals surface area contributed by atoms with Gasteiger partial charge in [0.2, 0.25) is 0 Å². The van der Waals surface area contributed by atoms with Gasteiger partial charge < -0.3 is 9.42 Å². The van der Waals surface area contributed by atoms with Crippen molar-refractivity contribution in [3.05, 3.63) is 52.9 Å². The summed E-state index contributed by atoms with van der Waals surface area (Å²) in [7, 11) is 0. The smallest absolute Gasteiger partial charge is 0.259 e. The number of nitrogens with zero attached hydrogens (tertiary/aromatic N) is 3. The predicted octanol–water partition coefficient (Wildman–Crippen LogP) is 2.64. The molecule has 2 fully saturated rings. The maximum atomic E-state index is 12.9. The minimum absolute atomic E-state index is 0.0660. The van der Waals surface area contributed by atoms with Gasteiger partial charge in [0.15, 0.2) is 0 Å². The zero-order valence-electron chi connectivity index (χ0n) is 14.2. The van der Waals surface area contributed by atoms with Crippen molar-refractivity contribution in [2.24, 2.45) is 5.92 Å².